The van der Waals surface area contributed by atoms with Gasteiger partial charge in [0.15, 0.2) is 0 Å². The first-order valence-electron chi connectivity index (χ1n) is 7.88. The normalized spacial score (nSPS) is 24.1. The van der Waals surface area contributed by atoms with Crippen LogP contribution in [0.15, 0.2) is 24.3 Å². The lowest BCUT2D eigenvalue weighted by atomic mass is 10.0. The topological polar surface area (TPSA) is 75.4 Å². The molecule has 116 valence electrons. The molecule has 1 fully saturated rings. The molecule has 2 unspecified atom stereocenters. The number of amides is 1. The third-order valence-corrected chi connectivity index (χ3v) is 4.33. The second-order valence-electron chi connectivity index (χ2n) is 6.30. The zero-order chi connectivity index (χ0) is 15.2. The van der Waals surface area contributed by atoms with E-state index in [0.717, 1.165) is 24.3 Å². The van der Waals surface area contributed by atoms with Crippen LogP contribution < -0.4 is 11.1 Å². The number of nitrogens with one attached hydrogen (secondary N) is 1. The lowest BCUT2D eigenvalue weighted by Gasteiger charge is -2.19. The molecule has 0 aliphatic heterocycles. The first-order valence-corrected chi connectivity index (χ1v) is 7.88. The van der Waals surface area contributed by atoms with Gasteiger partial charge in [0, 0.05) is 6.04 Å². The van der Waals surface area contributed by atoms with Crippen LogP contribution in [0.5, 0.6) is 5.75 Å². The molecular formula is C17H26N2O2. The quantitative estimate of drug-likeness (QED) is 0.745. The van der Waals surface area contributed by atoms with Gasteiger partial charge < -0.3 is 16.2 Å². The van der Waals surface area contributed by atoms with Gasteiger partial charge >= 0.3 is 0 Å². The summed E-state index contributed by atoms with van der Waals surface area (Å²) in [5.74, 6) is 0.921. The molecule has 1 saturated carbocycles. The van der Waals surface area contributed by atoms with E-state index in [-0.39, 0.29) is 17.7 Å². The molecule has 1 aromatic rings. The fraction of sp³-hybridized carbons (Fsp3) is 0.588. The van der Waals surface area contributed by atoms with E-state index in [1.807, 2.05) is 0 Å². The second kappa shape index (κ2) is 7.46. The Kier molecular flexibility index (Phi) is 5.62. The van der Waals surface area contributed by atoms with Gasteiger partial charge in [0.05, 0.1) is 6.04 Å². The highest BCUT2D eigenvalue weighted by molar-refractivity contribution is 5.82. The van der Waals surface area contributed by atoms with Gasteiger partial charge in [-0.25, -0.2) is 0 Å². The molecular weight excluding hydrogens is 264 g/mol. The van der Waals surface area contributed by atoms with E-state index in [4.69, 9.17) is 5.73 Å². The minimum absolute atomic E-state index is 0.0670. The van der Waals surface area contributed by atoms with Crippen molar-refractivity contribution in [1.82, 2.24) is 5.32 Å². The largest absolute Gasteiger partial charge is 0.508 e. The van der Waals surface area contributed by atoms with Crippen LogP contribution in [0.2, 0.25) is 0 Å². The molecule has 2 rings (SSSR count). The molecule has 1 aliphatic carbocycles. The number of nitrogens with two attached hydrogens (primary N) is 1. The molecule has 1 aromatic carbocycles. The molecule has 1 aliphatic rings. The Morgan fingerprint density at radius 2 is 2.00 bits per heavy atom. The lowest BCUT2D eigenvalue weighted by Crippen LogP contribution is -2.46. The van der Waals surface area contributed by atoms with Crippen LogP contribution in [-0.4, -0.2) is 23.1 Å². The molecule has 4 nitrogen and oxygen atoms in total. The summed E-state index contributed by atoms with van der Waals surface area (Å²) in [6.45, 7) is 2.28. The van der Waals surface area contributed by atoms with Crippen molar-refractivity contribution in [2.45, 2.75) is 57.5 Å². The zero-order valence-electron chi connectivity index (χ0n) is 12.7. The molecule has 0 aromatic heterocycles. The Morgan fingerprint density at radius 1 is 1.29 bits per heavy atom. The van der Waals surface area contributed by atoms with E-state index >= 15 is 0 Å². The molecule has 4 heteroatoms. The van der Waals surface area contributed by atoms with Crippen LogP contribution in [0, 0.1) is 5.92 Å². The van der Waals surface area contributed by atoms with Gasteiger partial charge in [-0.05, 0) is 49.3 Å². The summed E-state index contributed by atoms with van der Waals surface area (Å²) in [6.07, 6.45) is 6.22. The van der Waals surface area contributed by atoms with Gasteiger partial charge in [0.1, 0.15) is 5.75 Å². The number of carbonyl (C=O) groups is 1. The maximum atomic E-state index is 12.2. The number of phenolic OH excluding ortho intramolecular Hbond substituents is 1. The monoisotopic (exact) mass is 290 g/mol. The molecule has 0 bridgehead atoms. The zero-order valence-corrected chi connectivity index (χ0v) is 12.7. The second-order valence-corrected chi connectivity index (χ2v) is 6.30. The highest BCUT2D eigenvalue weighted by Crippen LogP contribution is 2.22. The van der Waals surface area contributed by atoms with E-state index in [9.17, 15) is 9.90 Å². The number of hydrogen-bond acceptors (Lipinski definition) is 3. The van der Waals surface area contributed by atoms with Crippen molar-refractivity contribution in [3.05, 3.63) is 29.8 Å². The van der Waals surface area contributed by atoms with E-state index in [0.29, 0.717) is 6.42 Å². The predicted molar refractivity (Wildman–Crippen MR) is 84.0 cm³/mol. The maximum Gasteiger partial charge on any atom is 0.237 e. The molecule has 1 amide bonds. The highest BCUT2D eigenvalue weighted by atomic mass is 16.3. The molecule has 0 saturated heterocycles. The van der Waals surface area contributed by atoms with E-state index in [2.05, 4.69) is 12.2 Å². The summed E-state index contributed by atoms with van der Waals surface area (Å²) < 4.78 is 0. The standard InChI is InChI=1S/C17H26N2O2/c1-12-3-2-4-14(8-5-12)19-17(21)16(18)11-13-6-9-15(20)10-7-13/h6-7,9-10,12,14,16,20H,2-5,8,11,18H2,1H3,(H,19,21)/t12?,14?,16-/m1/s1. The first kappa shape index (κ1) is 15.8. The summed E-state index contributed by atoms with van der Waals surface area (Å²) in [7, 11) is 0. The van der Waals surface area contributed by atoms with Crippen molar-refractivity contribution in [1.29, 1.82) is 0 Å². The van der Waals surface area contributed by atoms with E-state index in [1.165, 1.54) is 19.3 Å². The Hall–Kier alpha value is -1.55. The maximum absolute atomic E-state index is 12.2. The van der Waals surface area contributed by atoms with Crippen molar-refractivity contribution in [3.8, 4) is 5.75 Å². The molecule has 3 atom stereocenters. The predicted octanol–water partition coefficient (Wildman–Crippen LogP) is 2.35. The van der Waals surface area contributed by atoms with E-state index in [1.54, 1.807) is 24.3 Å². The lowest BCUT2D eigenvalue weighted by molar-refractivity contribution is -0.123. The van der Waals surface area contributed by atoms with Crippen LogP contribution in [0.4, 0.5) is 0 Å². The number of phenols is 1. The highest BCUT2D eigenvalue weighted by Gasteiger charge is 2.21. The number of benzene rings is 1. The summed E-state index contributed by atoms with van der Waals surface area (Å²) in [5, 5.41) is 12.4. The van der Waals surface area contributed by atoms with Crippen LogP contribution in [0.1, 0.15) is 44.6 Å². The third kappa shape index (κ3) is 5.05. The van der Waals surface area contributed by atoms with Gasteiger partial charge in [0.2, 0.25) is 5.91 Å². The molecule has 4 N–H and O–H groups in total. The van der Waals surface area contributed by atoms with Gasteiger partial charge in [-0.2, -0.15) is 0 Å². The van der Waals surface area contributed by atoms with Crippen LogP contribution in [0.25, 0.3) is 0 Å². The number of carbonyl (C=O) groups excluding carboxylic acids is 1. The van der Waals surface area contributed by atoms with Crippen LogP contribution >= 0.6 is 0 Å². The average Bonchev–Trinajstić information content (AvgIpc) is 2.66. The summed E-state index contributed by atoms with van der Waals surface area (Å²) >= 11 is 0. The Bertz CT molecular complexity index is 458. The minimum atomic E-state index is -0.532. The third-order valence-electron chi connectivity index (χ3n) is 4.33. The minimum Gasteiger partial charge on any atom is -0.508 e. The average molecular weight is 290 g/mol. The summed E-state index contributed by atoms with van der Waals surface area (Å²) in [4.78, 5) is 12.2. The number of aromatic hydroxyl groups is 1. The fourth-order valence-corrected chi connectivity index (χ4v) is 2.92. The van der Waals surface area contributed by atoms with E-state index < -0.39 is 6.04 Å². The van der Waals surface area contributed by atoms with Crippen molar-refractivity contribution >= 4 is 5.91 Å². The number of rotatable bonds is 4. The number of hydrogen-bond donors (Lipinski definition) is 3. The smallest absolute Gasteiger partial charge is 0.237 e. The van der Waals surface area contributed by atoms with Crippen LogP contribution in [-0.2, 0) is 11.2 Å². The Morgan fingerprint density at radius 3 is 2.71 bits per heavy atom. The molecule has 21 heavy (non-hydrogen) atoms. The summed E-state index contributed by atoms with van der Waals surface area (Å²) in [6, 6.07) is 6.58. The fourth-order valence-electron chi connectivity index (χ4n) is 2.92. The molecule has 0 spiro atoms. The Labute approximate surface area is 126 Å². The molecule has 0 radical (unpaired) electrons. The van der Waals surface area contributed by atoms with Crippen molar-refractivity contribution in [2.24, 2.45) is 11.7 Å². The first-order chi connectivity index (χ1) is 10.0. The van der Waals surface area contributed by atoms with Gasteiger partial charge in [-0.1, -0.05) is 31.9 Å². The SMILES string of the molecule is CC1CCCC(NC(=O)[C@H](N)Cc2ccc(O)cc2)CC1. The van der Waals surface area contributed by atoms with Gasteiger partial charge in [-0.3, -0.25) is 4.79 Å². The van der Waals surface area contributed by atoms with Crippen molar-refractivity contribution in [2.75, 3.05) is 0 Å². The van der Waals surface area contributed by atoms with Gasteiger partial charge in [0.25, 0.3) is 0 Å². The molecule has 0 heterocycles. The van der Waals surface area contributed by atoms with Crippen molar-refractivity contribution < 1.29 is 9.90 Å². The summed E-state index contributed by atoms with van der Waals surface area (Å²) in [5.41, 5.74) is 6.96. The Balaban J connectivity index is 1.83. The van der Waals surface area contributed by atoms with Crippen LogP contribution in [0.3, 0.4) is 0 Å². The van der Waals surface area contributed by atoms with Gasteiger partial charge in [-0.15, -0.1) is 0 Å². The van der Waals surface area contributed by atoms with Crippen molar-refractivity contribution in [3.63, 3.8) is 0 Å².